The zero-order valence-electron chi connectivity index (χ0n) is 17.4. The smallest absolute Gasteiger partial charge is 0.240 e. The number of nitrogens with one attached hydrogen (secondary N) is 2. The second-order valence-electron chi connectivity index (χ2n) is 7.21. The van der Waals surface area contributed by atoms with Crippen LogP contribution in [0.4, 0.5) is 0 Å². The van der Waals surface area contributed by atoms with Gasteiger partial charge in [-0.1, -0.05) is 12.1 Å². The topological polar surface area (TPSA) is 154 Å². The molecule has 0 spiro atoms. The van der Waals surface area contributed by atoms with Crippen LogP contribution >= 0.6 is 0 Å². The summed E-state index contributed by atoms with van der Waals surface area (Å²) in [6.07, 6.45) is 0.627. The van der Waals surface area contributed by atoms with E-state index >= 15 is 0 Å². The molecule has 174 valence electrons. The van der Waals surface area contributed by atoms with Gasteiger partial charge >= 0.3 is 0 Å². The maximum atomic E-state index is 12.5. The normalized spacial score (nSPS) is 14.9. The van der Waals surface area contributed by atoms with Crippen molar-refractivity contribution in [2.24, 2.45) is 5.14 Å². The Kier molecular flexibility index (Phi) is 7.39. The number of nitrogens with two attached hydrogens (primary N) is 1. The summed E-state index contributed by atoms with van der Waals surface area (Å²) in [5.74, 6) is 0.492. The fourth-order valence-electron chi connectivity index (χ4n) is 3.04. The van der Waals surface area contributed by atoms with Crippen LogP contribution in [0.15, 0.2) is 52.3 Å². The van der Waals surface area contributed by atoms with Gasteiger partial charge in [-0.25, -0.2) is 26.7 Å². The van der Waals surface area contributed by atoms with E-state index in [4.69, 9.17) is 14.6 Å². The molecule has 0 bridgehead atoms. The number of primary sulfonamides is 1. The molecule has 2 aromatic rings. The highest BCUT2D eigenvalue weighted by molar-refractivity contribution is 7.89. The highest BCUT2D eigenvalue weighted by atomic mass is 32.2. The highest BCUT2D eigenvalue weighted by Crippen LogP contribution is 2.31. The van der Waals surface area contributed by atoms with Gasteiger partial charge in [0.25, 0.3) is 0 Å². The van der Waals surface area contributed by atoms with Crippen molar-refractivity contribution < 1.29 is 31.1 Å². The number of amides is 1. The van der Waals surface area contributed by atoms with E-state index in [1.165, 1.54) is 24.3 Å². The van der Waals surface area contributed by atoms with E-state index in [1.54, 1.807) is 25.1 Å². The molecule has 0 aliphatic carbocycles. The van der Waals surface area contributed by atoms with E-state index < -0.39 is 26.1 Å². The Labute approximate surface area is 187 Å². The third kappa shape index (κ3) is 6.19. The Balaban J connectivity index is 1.53. The predicted octanol–water partition coefficient (Wildman–Crippen LogP) is 1.04. The third-order valence-corrected chi connectivity index (χ3v) is 7.15. The highest BCUT2D eigenvalue weighted by Gasteiger charge is 2.19. The largest absolute Gasteiger partial charge is 0.490 e. The van der Waals surface area contributed by atoms with Crippen LogP contribution in [0.1, 0.15) is 31.4 Å². The van der Waals surface area contributed by atoms with Crippen molar-refractivity contribution in [3.8, 4) is 11.5 Å². The maximum Gasteiger partial charge on any atom is 0.240 e. The molecule has 32 heavy (non-hydrogen) atoms. The van der Waals surface area contributed by atoms with Crippen LogP contribution in [0.25, 0.3) is 0 Å². The Bertz CT molecular complexity index is 1180. The molecule has 0 saturated heterocycles. The number of carbonyl (C=O) groups excluding carboxylic acids is 1. The first kappa shape index (κ1) is 24.0. The maximum absolute atomic E-state index is 12.5. The van der Waals surface area contributed by atoms with E-state index in [9.17, 15) is 21.6 Å². The van der Waals surface area contributed by atoms with Gasteiger partial charge < -0.3 is 14.8 Å². The number of hydrogen-bond acceptors (Lipinski definition) is 7. The summed E-state index contributed by atoms with van der Waals surface area (Å²) in [6, 6.07) is 9.78. The molecule has 1 aliphatic rings. The summed E-state index contributed by atoms with van der Waals surface area (Å²) in [7, 11) is -7.63. The zero-order valence-corrected chi connectivity index (χ0v) is 19.0. The van der Waals surface area contributed by atoms with Crippen molar-refractivity contribution >= 4 is 26.0 Å². The summed E-state index contributed by atoms with van der Waals surface area (Å²) in [5.41, 5.74) is 0.679. The lowest BCUT2D eigenvalue weighted by molar-refractivity contribution is -0.121. The summed E-state index contributed by atoms with van der Waals surface area (Å²) in [5, 5.41) is 7.81. The summed E-state index contributed by atoms with van der Waals surface area (Å²) in [6.45, 7) is 2.57. The van der Waals surface area contributed by atoms with Crippen LogP contribution in [0.2, 0.25) is 0 Å². The van der Waals surface area contributed by atoms with Crippen molar-refractivity contribution in [2.75, 3.05) is 19.8 Å². The van der Waals surface area contributed by atoms with Crippen LogP contribution in [-0.4, -0.2) is 42.5 Å². The zero-order chi connectivity index (χ0) is 23.4. The van der Waals surface area contributed by atoms with E-state index in [0.29, 0.717) is 36.7 Å². The molecular formula is C20H25N3O7S2. The molecule has 0 fully saturated rings. The first-order valence-corrected chi connectivity index (χ1v) is 12.9. The first-order chi connectivity index (χ1) is 15.1. The lowest BCUT2D eigenvalue weighted by Gasteiger charge is -2.15. The average molecular weight is 484 g/mol. The Morgan fingerprint density at radius 3 is 2.28 bits per heavy atom. The lowest BCUT2D eigenvalue weighted by Crippen LogP contribution is -2.32. The Morgan fingerprint density at radius 2 is 1.62 bits per heavy atom. The number of carbonyl (C=O) groups is 1. The molecule has 1 amide bonds. The number of benzene rings is 2. The predicted molar refractivity (Wildman–Crippen MR) is 116 cm³/mol. The van der Waals surface area contributed by atoms with Crippen LogP contribution < -0.4 is 24.7 Å². The summed E-state index contributed by atoms with van der Waals surface area (Å²) < 4.78 is 61.1. The Hall–Kier alpha value is -2.67. The lowest BCUT2D eigenvalue weighted by atomic mass is 10.1. The van der Waals surface area contributed by atoms with E-state index in [-0.39, 0.29) is 28.7 Å². The quantitative estimate of drug-likeness (QED) is 0.507. The van der Waals surface area contributed by atoms with Crippen LogP contribution in [0, 0.1) is 0 Å². The second-order valence-corrected chi connectivity index (χ2v) is 10.5. The molecule has 0 radical (unpaired) electrons. The van der Waals surface area contributed by atoms with Gasteiger partial charge in [-0.2, -0.15) is 0 Å². The molecule has 1 heterocycles. The SMILES string of the molecule is C[C@H](NC(=O)CCNS(=O)(=O)c1ccc2c(c1)OCCCO2)c1ccc(S(N)(=O)=O)cc1. The van der Waals surface area contributed by atoms with Gasteiger partial charge in [-0.15, -0.1) is 0 Å². The van der Waals surface area contributed by atoms with Crippen molar-refractivity contribution in [3.63, 3.8) is 0 Å². The minimum atomic E-state index is -3.83. The molecular weight excluding hydrogens is 458 g/mol. The molecule has 0 aromatic heterocycles. The average Bonchev–Trinajstić information content (AvgIpc) is 2.98. The van der Waals surface area contributed by atoms with Crippen molar-refractivity contribution in [3.05, 3.63) is 48.0 Å². The van der Waals surface area contributed by atoms with Gasteiger partial charge in [0.05, 0.1) is 29.0 Å². The van der Waals surface area contributed by atoms with Gasteiger partial charge in [0.15, 0.2) is 11.5 Å². The number of ether oxygens (including phenoxy) is 2. The molecule has 3 rings (SSSR count). The minimum absolute atomic E-state index is 0.0190. The molecule has 0 saturated carbocycles. The van der Waals surface area contributed by atoms with Crippen LogP contribution in [0.3, 0.4) is 0 Å². The summed E-state index contributed by atoms with van der Waals surface area (Å²) >= 11 is 0. The first-order valence-electron chi connectivity index (χ1n) is 9.88. The van der Waals surface area contributed by atoms with Crippen molar-refractivity contribution in [2.45, 2.75) is 35.6 Å². The Morgan fingerprint density at radius 1 is 1.00 bits per heavy atom. The molecule has 10 nitrogen and oxygen atoms in total. The third-order valence-electron chi connectivity index (χ3n) is 4.76. The van der Waals surface area contributed by atoms with E-state index in [1.807, 2.05) is 0 Å². The van der Waals surface area contributed by atoms with E-state index in [0.717, 1.165) is 0 Å². The van der Waals surface area contributed by atoms with Gasteiger partial charge in [0.1, 0.15) is 0 Å². The van der Waals surface area contributed by atoms with Gasteiger partial charge in [0.2, 0.25) is 26.0 Å². The van der Waals surface area contributed by atoms with Crippen molar-refractivity contribution in [1.29, 1.82) is 0 Å². The number of rotatable bonds is 8. The number of hydrogen-bond donors (Lipinski definition) is 3. The van der Waals surface area contributed by atoms with E-state index in [2.05, 4.69) is 10.0 Å². The van der Waals surface area contributed by atoms with Crippen LogP contribution in [0.5, 0.6) is 11.5 Å². The molecule has 2 aromatic carbocycles. The number of sulfonamides is 2. The van der Waals surface area contributed by atoms with Crippen LogP contribution in [-0.2, 0) is 24.8 Å². The molecule has 1 atom stereocenters. The molecule has 0 unspecified atom stereocenters. The summed E-state index contributed by atoms with van der Waals surface area (Å²) in [4.78, 5) is 12.2. The fourth-order valence-corrected chi connectivity index (χ4v) is 4.60. The molecule has 1 aliphatic heterocycles. The fraction of sp³-hybridized carbons (Fsp3) is 0.350. The minimum Gasteiger partial charge on any atom is -0.490 e. The van der Waals surface area contributed by atoms with Crippen molar-refractivity contribution in [1.82, 2.24) is 10.0 Å². The van der Waals surface area contributed by atoms with Gasteiger partial charge in [-0.3, -0.25) is 4.79 Å². The second kappa shape index (κ2) is 9.86. The number of fused-ring (bicyclic) bond motifs is 1. The van der Waals surface area contributed by atoms with Gasteiger partial charge in [0, 0.05) is 25.5 Å². The monoisotopic (exact) mass is 483 g/mol. The van der Waals surface area contributed by atoms with Gasteiger partial charge in [-0.05, 0) is 36.8 Å². The molecule has 12 heteroatoms. The molecule has 4 N–H and O–H groups in total. The standard InChI is InChI=1S/C20H25N3O7S2/c1-14(15-3-5-16(6-4-15)31(21,25)26)23-20(24)9-10-22-32(27,28)17-7-8-18-19(13-17)30-12-2-11-29-18/h3-8,13-14,22H,2,9-12H2,1H3,(H,23,24)(H2,21,25,26)/t14-/m0/s1.